The third kappa shape index (κ3) is 3.05. The van der Waals surface area contributed by atoms with E-state index >= 15 is 0 Å². The van der Waals surface area contributed by atoms with Crippen molar-refractivity contribution in [3.63, 3.8) is 0 Å². The van der Waals surface area contributed by atoms with Crippen LogP contribution in [0.5, 0.6) is 0 Å². The third-order valence-corrected chi connectivity index (χ3v) is 2.36. The van der Waals surface area contributed by atoms with Crippen LogP contribution in [0.25, 0.3) is 0 Å². The Bertz CT molecular complexity index is 363. The van der Waals surface area contributed by atoms with Gasteiger partial charge in [-0.3, -0.25) is 4.79 Å². The lowest BCUT2D eigenvalue weighted by atomic mass is 10.1. The number of nitrogens with one attached hydrogen (secondary N) is 1. The molecule has 1 aromatic carbocycles. The molecule has 0 aliphatic carbocycles. The van der Waals surface area contributed by atoms with Gasteiger partial charge in [0.05, 0.1) is 5.56 Å². The predicted octanol–water partition coefficient (Wildman–Crippen LogP) is 2.66. The van der Waals surface area contributed by atoms with E-state index in [1.807, 2.05) is 20.8 Å². The van der Waals surface area contributed by atoms with Crippen LogP contribution in [0.3, 0.4) is 0 Å². The second kappa shape index (κ2) is 4.91. The van der Waals surface area contributed by atoms with Crippen molar-refractivity contribution < 1.29 is 9.18 Å². The molecule has 0 aliphatic heterocycles. The SMILES string of the molecule is CCC(C)NC(=O)c1cc(C)ccc1F. The Labute approximate surface area is 89.5 Å². The number of hydrogen-bond donors (Lipinski definition) is 1. The number of halogens is 1. The lowest BCUT2D eigenvalue weighted by Crippen LogP contribution is -2.32. The molecule has 0 aliphatic rings. The van der Waals surface area contributed by atoms with E-state index < -0.39 is 5.82 Å². The minimum Gasteiger partial charge on any atom is -0.350 e. The summed E-state index contributed by atoms with van der Waals surface area (Å²) >= 11 is 0. The molecular weight excluding hydrogens is 193 g/mol. The van der Waals surface area contributed by atoms with E-state index in [1.54, 1.807) is 12.1 Å². The number of rotatable bonds is 3. The van der Waals surface area contributed by atoms with Crippen LogP contribution in [0, 0.1) is 12.7 Å². The van der Waals surface area contributed by atoms with Gasteiger partial charge in [-0.25, -0.2) is 4.39 Å². The molecule has 3 heteroatoms. The number of carbonyl (C=O) groups is 1. The number of amides is 1. The maximum absolute atomic E-state index is 13.3. The Hall–Kier alpha value is -1.38. The van der Waals surface area contributed by atoms with E-state index in [9.17, 15) is 9.18 Å². The van der Waals surface area contributed by atoms with Crippen molar-refractivity contribution in [2.75, 3.05) is 0 Å². The molecule has 0 bridgehead atoms. The highest BCUT2D eigenvalue weighted by Gasteiger charge is 2.13. The lowest BCUT2D eigenvalue weighted by Gasteiger charge is -2.12. The van der Waals surface area contributed by atoms with Crippen molar-refractivity contribution in [2.45, 2.75) is 33.2 Å². The Morgan fingerprint density at radius 2 is 2.20 bits per heavy atom. The van der Waals surface area contributed by atoms with Gasteiger partial charge < -0.3 is 5.32 Å². The average molecular weight is 209 g/mol. The van der Waals surface area contributed by atoms with Gasteiger partial charge in [0.2, 0.25) is 0 Å². The molecule has 0 aromatic heterocycles. The van der Waals surface area contributed by atoms with Crippen LogP contribution >= 0.6 is 0 Å². The molecule has 0 fully saturated rings. The van der Waals surface area contributed by atoms with Gasteiger partial charge in [0, 0.05) is 6.04 Å². The van der Waals surface area contributed by atoms with E-state index in [0.717, 1.165) is 12.0 Å². The van der Waals surface area contributed by atoms with Crippen LogP contribution in [0.2, 0.25) is 0 Å². The quantitative estimate of drug-likeness (QED) is 0.814. The fourth-order valence-corrected chi connectivity index (χ4v) is 1.22. The third-order valence-electron chi connectivity index (χ3n) is 2.36. The standard InChI is InChI=1S/C12H16FNO/c1-4-9(3)14-12(15)10-7-8(2)5-6-11(10)13/h5-7,9H,4H2,1-3H3,(H,14,15). The number of carbonyl (C=O) groups excluding carboxylic acids is 1. The van der Waals surface area contributed by atoms with Gasteiger partial charge in [0.15, 0.2) is 0 Å². The van der Waals surface area contributed by atoms with Crippen molar-refractivity contribution in [3.05, 3.63) is 35.1 Å². The zero-order valence-electron chi connectivity index (χ0n) is 9.30. The average Bonchev–Trinajstić information content (AvgIpc) is 2.21. The van der Waals surface area contributed by atoms with Gasteiger partial charge >= 0.3 is 0 Å². The summed E-state index contributed by atoms with van der Waals surface area (Å²) in [5.74, 6) is -0.813. The molecule has 0 spiro atoms. The monoisotopic (exact) mass is 209 g/mol. The largest absolute Gasteiger partial charge is 0.350 e. The summed E-state index contributed by atoms with van der Waals surface area (Å²) in [4.78, 5) is 11.6. The maximum atomic E-state index is 13.3. The van der Waals surface area contributed by atoms with Crippen molar-refractivity contribution in [3.8, 4) is 0 Å². The summed E-state index contributed by atoms with van der Waals surface area (Å²) in [6.07, 6.45) is 0.833. The van der Waals surface area contributed by atoms with Crippen LogP contribution in [0.1, 0.15) is 36.2 Å². The molecule has 1 N–H and O–H groups in total. The second-order valence-electron chi connectivity index (χ2n) is 3.77. The molecule has 15 heavy (non-hydrogen) atoms. The minimum absolute atomic E-state index is 0.0670. The Morgan fingerprint density at radius 3 is 2.80 bits per heavy atom. The zero-order chi connectivity index (χ0) is 11.4. The maximum Gasteiger partial charge on any atom is 0.254 e. The predicted molar refractivity (Wildman–Crippen MR) is 58.4 cm³/mol. The van der Waals surface area contributed by atoms with Gasteiger partial charge in [-0.05, 0) is 32.4 Å². The topological polar surface area (TPSA) is 29.1 Å². The van der Waals surface area contributed by atoms with Crippen LogP contribution < -0.4 is 5.32 Å². The molecule has 1 aromatic rings. The summed E-state index contributed by atoms with van der Waals surface area (Å²) in [7, 11) is 0. The smallest absolute Gasteiger partial charge is 0.254 e. The summed E-state index contributed by atoms with van der Waals surface area (Å²) in [6, 6.07) is 4.60. The first-order chi connectivity index (χ1) is 7.04. The Kier molecular flexibility index (Phi) is 3.83. The normalized spacial score (nSPS) is 12.3. The van der Waals surface area contributed by atoms with Crippen LogP contribution in [-0.2, 0) is 0 Å². The van der Waals surface area contributed by atoms with Gasteiger partial charge in [-0.15, -0.1) is 0 Å². The Balaban J connectivity index is 2.86. The van der Waals surface area contributed by atoms with Gasteiger partial charge in [-0.2, -0.15) is 0 Å². The molecule has 0 radical (unpaired) electrons. The van der Waals surface area contributed by atoms with Crippen molar-refractivity contribution in [2.24, 2.45) is 0 Å². The molecule has 1 amide bonds. The molecule has 1 rings (SSSR count). The fourth-order valence-electron chi connectivity index (χ4n) is 1.22. The first-order valence-electron chi connectivity index (χ1n) is 5.11. The highest BCUT2D eigenvalue weighted by atomic mass is 19.1. The fraction of sp³-hybridized carbons (Fsp3) is 0.417. The lowest BCUT2D eigenvalue weighted by molar-refractivity contribution is 0.0935. The molecule has 0 saturated heterocycles. The second-order valence-corrected chi connectivity index (χ2v) is 3.77. The molecule has 82 valence electrons. The number of aryl methyl sites for hydroxylation is 1. The van der Waals surface area contributed by atoms with E-state index in [-0.39, 0.29) is 17.5 Å². The van der Waals surface area contributed by atoms with E-state index in [1.165, 1.54) is 6.07 Å². The molecule has 1 atom stereocenters. The van der Waals surface area contributed by atoms with Gasteiger partial charge in [0.25, 0.3) is 5.91 Å². The molecule has 2 nitrogen and oxygen atoms in total. The van der Waals surface area contributed by atoms with Gasteiger partial charge in [-0.1, -0.05) is 18.6 Å². The summed E-state index contributed by atoms with van der Waals surface area (Å²) < 4.78 is 13.3. The highest BCUT2D eigenvalue weighted by molar-refractivity contribution is 5.94. The minimum atomic E-state index is -0.471. The molecule has 0 saturated carbocycles. The van der Waals surface area contributed by atoms with Crippen LogP contribution in [0.15, 0.2) is 18.2 Å². The first-order valence-corrected chi connectivity index (χ1v) is 5.11. The van der Waals surface area contributed by atoms with Crippen molar-refractivity contribution >= 4 is 5.91 Å². The van der Waals surface area contributed by atoms with Crippen LogP contribution in [0.4, 0.5) is 4.39 Å². The van der Waals surface area contributed by atoms with Crippen molar-refractivity contribution in [1.29, 1.82) is 0 Å². The van der Waals surface area contributed by atoms with Gasteiger partial charge in [0.1, 0.15) is 5.82 Å². The first kappa shape index (κ1) is 11.7. The summed E-state index contributed by atoms with van der Waals surface area (Å²) in [5, 5.41) is 2.73. The van der Waals surface area contributed by atoms with E-state index in [2.05, 4.69) is 5.32 Å². The van der Waals surface area contributed by atoms with E-state index in [0.29, 0.717) is 0 Å². The molecular formula is C12H16FNO. The Morgan fingerprint density at radius 1 is 1.53 bits per heavy atom. The summed E-state index contributed by atoms with van der Waals surface area (Å²) in [5.41, 5.74) is 1.00. The van der Waals surface area contributed by atoms with E-state index in [4.69, 9.17) is 0 Å². The molecule has 1 unspecified atom stereocenters. The van der Waals surface area contributed by atoms with Crippen molar-refractivity contribution in [1.82, 2.24) is 5.32 Å². The number of benzene rings is 1. The van der Waals surface area contributed by atoms with Crippen LogP contribution in [-0.4, -0.2) is 11.9 Å². The summed E-state index contributed by atoms with van der Waals surface area (Å²) in [6.45, 7) is 5.70. The highest BCUT2D eigenvalue weighted by Crippen LogP contribution is 2.10. The zero-order valence-corrected chi connectivity index (χ0v) is 9.30. The molecule has 0 heterocycles. The number of hydrogen-bond acceptors (Lipinski definition) is 1.